The summed E-state index contributed by atoms with van der Waals surface area (Å²) in [6.45, 7) is 3.09. The van der Waals surface area contributed by atoms with Crippen molar-refractivity contribution in [2.45, 2.75) is 50.1 Å². The molecule has 0 aliphatic heterocycles. The molecule has 2 aromatic rings. The third kappa shape index (κ3) is 4.04. The van der Waals surface area contributed by atoms with E-state index in [2.05, 4.69) is 4.72 Å². The fourth-order valence-corrected chi connectivity index (χ4v) is 4.43. The summed E-state index contributed by atoms with van der Waals surface area (Å²) >= 11 is 0. The zero-order chi connectivity index (χ0) is 19.8. The SMILES string of the molecule is CC(C)S(=O)(=O)N[C@H]1CCC[C@]1(F)c1ccc(-c2cc(F)cc(F)c2)cc1. The highest BCUT2D eigenvalue weighted by Crippen LogP contribution is 2.43. The molecule has 146 valence electrons. The molecule has 0 bridgehead atoms. The second-order valence-electron chi connectivity index (χ2n) is 7.25. The van der Waals surface area contributed by atoms with Gasteiger partial charge in [-0.1, -0.05) is 24.3 Å². The van der Waals surface area contributed by atoms with Crippen LogP contribution in [-0.2, 0) is 15.7 Å². The van der Waals surface area contributed by atoms with Crippen molar-refractivity contribution in [1.82, 2.24) is 4.72 Å². The smallest absolute Gasteiger partial charge is 0.214 e. The molecule has 0 saturated heterocycles. The number of hydrogen-bond acceptors (Lipinski definition) is 2. The Hall–Kier alpha value is -1.86. The van der Waals surface area contributed by atoms with Gasteiger partial charge >= 0.3 is 0 Å². The number of alkyl halides is 1. The summed E-state index contributed by atoms with van der Waals surface area (Å²) in [6, 6.07) is 8.67. The van der Waals surface area contributed by atoms with Gasteiger partial charge in [0.15, 0.2) is 5.67 Å². The molecule has 7 heteroatoms. The minimum absolute atomic E-state index is 0.215. The Kier molecular flexibility index (Phi) is 5.36. The van der Waals surface area contributed by atoms with E-state index in [4.69, 9.17) is 0 Å². The Bertz CT molecular complexity index is 908. The molecule has 1 saturated carbocycles. The predicted molar refractivity (Wildman–Crippen MR) is 99.4 cm³/mol. The van der Waals surface area contributed by atoms with Gasteiger partial charge in [0.05, 0.1) is 11.3 Å². The summed E-state index contributed by atoms with van der Waals surface area (Å²) in [5.41, 5.74) is -0.543. The second kappa shape index (κ2) is 7.28. The molecule has 1 N–H and O–H groups in total. The zero-order valence-corrected chi connectivity index (χ0v) is 16.0. The normalized spacial score (nSPS) is 23.1. The molecule has 0 aromatic heterocycles. The Labute approximate surface area is 157 Å². The Morgan fingerprint density at radius 2 is 1.63 bits per heavy atom. The zero-order valence-electron chi connectivity index (χ0n) is 15.2. The van der Waals surface area contributed by atoms with E-state index in [9.17, 15) is 17.2 Å². The van der Waals surface area contributed by atoms with Gasteiger partial charge in [0.2, 0.25) is 10.0 Å². The first kappa shape index (κ1) is 19.9. The van der Waals surface area contributed by atoms with Gasteiger partial charge in [0, 0.05) is 6.07 Å². The van der Waals surface area contributed by atoms with Crippen LogP contribution in [0.4, 0.5) is 13.2 Å². The van der Waals surface area contributed by atoms with Crippen molar-refractivity contribution in [3.8, 4) is 11.1 Å². The minimum Gasteiger partial charge on any atom is -0.237 e. The molecular formula is C20H22F3NO2S. The molecule has 2 atom stereocenters. The van der Waals surface area contributed by atoms with Crippen LogP contribution in [0.15, 0.2) is 42.5 Å². The number of nitrogens with one attached hydrogen (secondary N) is 1. The third-order valence-electron chi connectivity index (χ3n) is 5.07. The largest absolute Gasteiger partial charge is 0.237 e. The van der Waals surface area contributed by atoms with Gasteiger partial charge in [0.1, 0.15) is 11.6 Å². The number of rotatable bonds is 5. The molecule has 3 rings (SSSR count). The molecule has 1 aliphatic carbocycles. The first-order valence-corrected chi connectivity index (χ1v) is 10.4. The molecule has 2 aromatic carbocycles. The van der Waals surface area contributed by atoms with Crippen molar-refractivity contribution < 1.29 is 21.6 Å². The molecule has 1 fully saturated rings. The Morgan fingerprint density at radius 3 is 2.19 bits per heavy atom. The van der Waals surface area contributed by atoms with Crippen LogP contribution in [0.1, 0.15) is 38.7 Å². The number of benzene rings is 2. The number of halogens is 3. The number of sulfonamides is 1. The van der Waals surface area contributed by atoms with Crippen molar-refractivity contribution in [2.24, 2.45) is 0 Å². The predicted octanol–water partition coefficient (Wildman–Crippen LogP) is 4.68. The minimum atomic E-state index is -3.59. The van der Waals surface area contributed by atoms with E-state index in [1.807, 2.05) is 0 Å². The second-order valence-corrected chi connectivity index (χ2v) is 9.52. The van der Waals surface area contributed by atoms with E-state index in [0.717, 1.165) is 6.07 Å². The monoisotopic (exact) mass is 397 g/mol. The summed E-state index contributed by atoms with van der Waals surface area (Å²) in [7, 11) is -3.59. The van der Waals surface area contributed by atoms with Crippen molar-refractivity contribution in [3.05, 3.63) is 59.7 Å². The third-order valence-corrected chi connectivity index (χ3v) is 6.93. The lowest BCUT2D eigenvalue weighted by atomic mass is 9.89. The first-order chi connectivity index (χ1) is 12.6. The highest BCUT2D eigenvalue weighted by atomic mass is 32.2. The summed E-state index contributed by atoms with van der Waals surface area (Å²) in [5.74, 6) is -1.37. The average molecular weight is 397 g/mol. The topological polar surface area (TPSA) is 46.2 Å². The van der Waals surface area contributed by atoms with Crippen molar-refractivity contribution in [3.63, 3.8) is 0 Å². The van der Waals surface area contributed by atoms with Gasteiger partial charge in [-0.2, -0.15) is 0 Å². The maximum Gasteiger partial charge on any atom is 0.214 e. The molecule has 0 spiro atoms. The molecule has 3 nitrogen and oxygen atoms in total. The first-order valence-electron chi connectivity index (χ1n) is 8.89. The molecule has 0 heterocycles. The van der Waals surface area contributed by atoms with E-state index in [0.29, 0.717) is 29.5 Å². The van der Waals surface area contributed by atoms with Gasteiger partial charge in [-0.3, -0.25) is 0 Å². The van der Waals surface area contributed by atoms with Crippen LogP contribution in [0.25, 0.3) is 11.1 Å². The van der Waals surface area contributed by atoms with Crippen LogP contribution < -0.4 is 4.72 Å². The summed E-state index contributed by atoms with van der Waals surface area (Å²) in [4.78, 5) is 0. The molecule has 27 heavy (non-hydrogen) atoms. The summed E-state index contributed by atoms with van der Waals surface area (Å²) in [5, 5.41) is -0.646. The molecular weight excluding hydrogens is 375 g/mol. The van der Waals surface area contributed by atoms with Crippen LogP contribution in [0.5, 0.6) is 0 Å². The Balaban J connectivity index is 1.89. The maximum absolute atomic E-state index is 15.7. The fourth-order valence-electron chi connectivity index (χ4n) is 3.46. The fraction of sp³-hybridized carbons (Fsp3) is 0.400. The lowest BCUT2D eigenvalue weighted by molar-refractivity contribution is 0.142. The van der Waals surface area contributed by atoms with Gasteiger partial charge in [-0.05, 0) is 61.9 Å². The van der Waals surface area contributed by atoms with E-state index in [1.165, 1.54) is 12.1 Å². The van der Waals surface area contributed by atoms with E-state index < -0.39 is 38.6 Å². The molecule has 0 amide bonds. The average Bonchev–Trinajstić information content (AvgIpc) is 2.95. The van der Waals surface area contributed by atoms with Crippen LogP contribution >= 0.6 is 0 Å². The lowest BCUT2D eigenvalue weighted by Crippen LogP contribution is -2.46. The van der Waals surface area contributed by atoms with Crippen LogP contribution in [-0.4, -0.2) is 19.7 Å². The van der Waals surface area contributed by atoms with Gasteiger partial charge in [0.25, 0.3) is 0 Å². The van der Waals surface area contributed by atoms with E-state index in [-0.39, 0.29) is 6.42 Å². The Morgan fingerprint density at radius 1 is 1.04 bits per heavy atom. The number of hydrogen-bond donors (Lipinski definition) is 1. The van der Waals surface area contributed by atoms with Gasteiger partial charge in [-0.15, -0.1) is 0 Å². The summed E-state index contributed by atoms with van der Waals surface area (Å²) in [6.07, 6.45) is 1.20. The quantitative estimate of drug-likeness (QED) is 0.797. The van der Waals surface area contributed by atoms with Crippen molar-refractivity contribution in [1.29, 1.82) is 0 Å². The molecule has 0 radical (unpaired) electrons. The maximum atomic E-state index is 15.7. The van der Waals surface area contributed by atoms with Crippen molar-refractivity contribution in [2.75, 3.05) is 0 Å². The summed E-state index contributed by atoms with van der Waals surface area (Å²) < 4.78 is 69.4. The molecule has 0 unspecified atom stereocenters. The van der Waals surface area contributed by atoms with Crippen molar-refractivity contribution >= 4 is 10.0 Å². The lowest BCUT2D eigenvalue weighted by Gasteiger charge is -2.29. The van der Waals surface area contributed by atoms with E-state index >= 15 is 4.39 Å². The van der Waals surface area contributed by atoms with Gasteiger partial charge < -0.3 is 0 Å². The standard InChI is InChI=1S/C20H22F3NO2S/c1-13(2)27(25,26)24-19-4-3-9-20(19,23)16-7-5-14(6-8-16)15-10-17(21)12-18(22)11-15/h5-8,10-13,19,24H,3-4,9H2,1-2H3/t19-,20-/m0/s1. The highest BCUT2D eigenvalue weighted by molar-refractivity contribution is 7.90. The van der Waals surface area contributed by atoms with Crippen LogP contribution in [0.2, 0.25) is 0 Å². The van der Waals surface area contributed by atoms with E-state index in [1.54, 1.807) is 38.1 Å². The highest BCUT2D eigenvalue weighted by Gasteiger charge is 2.46. The van der Waals surface area contributed by atoms with Gasteiger partial charge in [-0.25, -0.2) is 26.3 Å². The van der Waals surface area contributed by atoms with Crippen LogP contribution in [0, 0.1) is 11.6 Å². The van der Waals surface area contributed by atoms with Crippen LogP contribution in [0.3, 0.4) is 0 Å². The molecule has 1 aliphatic rings.